The van der Waals surface area contributed by atoms with Crippen LogP contribution in [0.2, 0.25) is 0 Å². The highest BCUT2D eigenvalue weighted by atomic mass is 32.2. The zero-order valence-electron chi connectivity index (χ0n) is 30.8. The van der Waals surface area contributed by atoms with Crippen molar-refractivity contribution in [3.05, 3.63) is 75.6 Å². The smallest absolute Gasteiger partial charge is 0.306 e. The van der Waals surface area contributed by atoms with Crippen molar-refractivity contribution in [1.29, 1.82) is 0 Å². The van der Waals surface area contributed by atoms with Crippen LogP contribution in [0.15, 0.2) is 48.7 Å². The maximum absolute atomic E-state index is 13.0. The summed E-state index contributed by atoms with van der Waals surface area (Å²) in [4.78, 5) is 51.6. The van der Waals surface area contributed by atoms with Crippen molar-refractivity contribution in [1.82, 2.24) is 19.9 Å². The predicted molar refractivity (Wildman–Crippen MR) is 198 cm³/mol. The van der Waals surface area contributed by atoms with Gasteiger partial charge >= 0.3 is 5.97 Å². The van der Waals surface area contributed by atoms with Crippen LogP contribution in [0, 0.1) is 16.0 Å². The largest absolute Gasteiger partial charge is 0.493 e. The number of benzene rings is 2. The molecule has 13 nitrogen and oxygen atoms in total. The Morgan fingerprint density at radius 1 is 1.04 bits per heavy atom. The van der Waals surface area contributed by atoms with E-state index in [9.17, 15) is 24.5 Å². The number of methoxy groups -OCH3 is 1. The SMILES string of the molecule is CCCCCCCCSC1CC(=O)N(CCCC(=O)OC(c2cc(OC)c(OCc3cn(C(C)c4ccccc4)nn3)cc2[N+](=O)[O-])C(C)C)C1=O. The van der Waals surface area contributed by atoms with Crippen LogP contribution in [0.5, 0.6) is 11.5 Å². The standard InChI is InChI=1S/C38H51N5O8S/c1-6-7-8-9-10-14-20-52-34-23-35(44)41(38(34)46)19-15-18-36(45)51-37(26(2)3)30-21-32(49-5)33(22-31(30)43(47)48)50-25-29-24-42(40-39-29)27(4)28-16-12-11-13-17-28/h11-13,16-17,21-22,24,26-27,34,37H,6-10,14-15,18-20,23,25H2,1-5H3. The number of nitro benzene ring substituents is 1. The molecular formula is C38H51N5O8S. The van der Waals surface area contributed by atoms with E-state index in [4.69, 9.17) is 14.2 Å². The molecule has 0 N–H and O–H groups in total. The normalized spacial score (nSPS) is 15.6. The van der Waals surface area contributed by atoms with Gasteiger partial charge in [0.15, 0.2) is 11.5 Å². The highest BCUT2D eigenvalue weighted by molar-refractivity contribution is 8.00. The van der Waals surface area contributed by atoms with Crippen LogP contribution in [0.1, 0.15) is 114 Å². The van der Waals surface area contributed by atoms with Crippen LogP contribution in [-0.2, 0) is 25.7 Å². The molecule has 2 aromatic carbocycles. The Balaban J connectivity index is 1.34. The van der Waals surface area contributed by atoms with Gasteiger partial charge in [0.2, 0.25) is 11.8 Å². The summed E-state index contributed by atoms with van der Waals surface area (Å²) in [7, 11) is 1.42. The number of thioether (sulfide) groups is 1. The highest BCUT2D eigenvalue weighted by Gasteiger charge is 2.38. The first-order valence-electron chi connectivity index (χ1n) is 18.1. The average Bonchev–Trinajstić information content (AvgIpc) is 3.72. The average molecular weight is 738 g/mol. The second kappa shape index (κ2) is 20.0. The molecule has 1 fully saturated rings. The molecule has 1 aliphatic rings. The summed E-state index contributed by atoms with van der Waals surface area (Å²) in [5.41, 5.74) is 1.45. The number of nitro groups is 1. The zero-order valence-corrected chi connectivity index (χ0v) is 31.6. The number of unbranched alkanes of at least 4 members (excludes halogenated alkanes) is 5. The molecule has 52 heavy (non-hydrogen) atoms. The second-order valence-electron chi connectivity index (χ2n) is 13.4. The highest BCUT2D eigenvalue weighted by Crippen LogP contribution is 2.41. The number of imide groups is 1. The Morgan fingerprint density at radius 3 is 2.46 bits per heavy atom. The molecule has 4 rings (SSSR count). The summed E-state index contributed by atoms with van der Waals surface area (Å²) in [5.74, 6) is -0.155. The molecule has 3 aromatic rings. The lowest BCUT2D eigenvalue weighted by Gasteiger charge is -2.23. The summed E-state index contributed by atoms with van der Waals surface area (Å²) in [6.45, 7) is 7.87. The van der Waals surface area contributed by atoms with E-state index < -0.39 is 17.0 Å². The molecule has 0 spiro atoms. The monoisotopic (exact) mass is 737 g/mol. The fraction of sp³-hybridized carbons (Fsp3) is 0.553. The van der Waals surface area contributed by atoms with Crippen molar-refractivity contribution < 1.29 is 33.5 Å². The van der Waals surface area contributed by atoms with E-state index in [0.717, 1.165) is 24.2 Å². The van der Waals surface area contributed by atoms with Crippen molar-refractivity contribution in [3.8, 4) is 11.5 Å². The second-order valence-corrected chi connectivity index (χ2v) is 14.7. The predicted octanol–water partition coefficient (Wildman–Crippen LogP) is 7.62. The number of hydrogen-bond acceptors (Lipinski definition) is 11. The van der Waals surface area contributed by atoms with Gasteiger partial charge in [0.25, 0.3) is 5.69 Å². The Hall–Kier alpha value is -4.46. The van der Waals surface area contributed by atoms with Gasteiger partial charge in [-0.05, 0) is 43.1 Å². The lowest BCUT2D eigenvalue weighted by molar-refractivity contribution is -0.386. The molecule has 282 valence electrons. The molecule has 0 bridgehead atoms. The third-order valence-electron chi connectivity index (χ3n) is 9.07. The molecule has 3 atom stereocenters. The molecule has 0 aliphatic carbocycles. The number of carbonyl (C=O) groups excluding carboxylic acids is 3. The van der Waals surface area contributed by atoms with E-state index >= 15 is 0 Å². The number of likely N-dealkylation sites (tertiary alicyclic amines) is 1. The Bertz CT molecular complexity index is 1650. The van der Waals surface area contributed by atoms with Crippen LogP contribution in [0.4, 0.5) is 5.69 Å². The number of hydrogen-bond donors (Lipinski definition) is 0. The summed E-state index contributed by atoms with van der Waals surface area (Å²) in [5, 5.41) is 20.3. The first kappa shape index (κ1) is 40.3. The number of esters is 1. The maximum atomic E-state index is 13.0. The molecule has 0 radical (unpaired) electrons. The molecule has 1 saturated heterocycles. The molecular weight excluding hydrogens is 687 g/mol. The van der Waals surface area contributed by atoms with Crippen LogP contribution in [0.25, 0.3) is 0 Å². The van der Waals surface area contributed by atoms with E-state index in [1.54, 1.807) is 24.7 Å². The van der Waals surface area contributed by atoms with Gasteiger partial charge in [-0.2, -0.15) is 0 Å². The first-order chi connectivity index (χ1) is 25.0. The minimum Gasteiger partial charge on any atom is -0.493 e. The van der Waals surface area contributed by atoms with Crippen molar-refractivity contribution in [3.63, 3.8) is 0 Å². The van der Waals surface area contributed by atoms with Crippen molar-refractivity contribution in [2.45, 2.75) is 109 Å². The molecule has 2 amide bonds. The van der Waals surface area contributed by atoms with E-state index in [-0.39, 0.29) is 84.2 Å². The number of aromatic nitrogens is 3. The van der Waals surface area contributed by atoms with Crippen molar-refractivity contribution in [2.24, 2.45) is 5.92 Å². The third kappa shape index (κ3) is 11.0. The summed E-state index contributed by atoms with van der Waals surface area (Å²) >= 11 is 1.54. The first-order valence-corrected chi connectivity index (χ1v) is 19.2. The number of nitrogens with zero attached hydrogens (tertiary/aromatic N) is 5. The molecule has 2 heterocycles. The van der Waals surface area contributed by atoms with Crippen LogP contribution >= 0.6 is 11.8 Å². The molecule has 1 aliphatic heterocycles. The Kier molecular flexibility index (Phi) is 15.5. The van der Waals surface area contributed by atoms with Gasteiger partial charge in [-0.1, -0.05) is 88.4 Å². The Morgan fingerprint density at radius 2 is 1.77 bits per heavy atom. The van der Waals surface area contributed by atoms with Crippen molar-refractivity contribution in [2.75, 3.05) is 19.4 Å². The third-order valence-corrected chi connectivity index (χ3v) is 10.4. The van der Waals surface area contributed by atoms with E-state index in [2.05, 4.69) is 17.2 Å². The lowest BCUT2D eigenvalue weighted by atomic mass is 9.96. The fourth-order valence-corrected chi connectivity index (χ4v) is 7.28. The van der Waals surface area contributed by atoms with Gasteiger partial charge in [-0.25, -0.2) is 4.68 Å². The summed E-state index contributed by atoms with van der Waals surface area (Å²) < 4.78 is 19.0. The molecule has 1 aromatic heterocycles. The van der Waals surface area contributed by atoms with Gasteiger partial charge in [-0.15, -0.1) is 16.9 Å². The zero-order chi connectivity index (χ0) is 37.6. The van der Waals surface area contributed by atoms with E-state index in [1.165, 1.54) is 61.6 Å². The quantitative estimate of drug-likeness (QED) is 0.0329. The van der Waals surface area contributed by atoms with Gasteiger partial charge in [0.05, 0.1) is 41.2 Å². The van der Waals surface area contributed by atoms with E-state index in [1.807, 2.05) is 37.3 Å². The number of amides is 2. The van der Waals surface area contributed by atoms with Gasteiger partial charge in [-0.3, -0.25) is 29.4 Å². The van der Waals surface area contributed by atoms with Crippen molar-refractivity contribution >= 4 is 35.2 Å². The Labute approximate surface area is 309 Å². The summed E-state index contributed by atoms with van der Waals surface area (Å²) in [6.07, 6.45) is 8.13. The van der Waals surface area contributed by atoms with Gasteiger partial charge < -0.3 is 14.2 Å². The minimum atomic E-state index is -0.965. The number of rotatable bonds is 22. The minimum absolute atomic E-state index is 0.0163. The molecule has 0 saturated carbocycles. The van der Waals surface area contributed by atoms with Crippen LogP contribution < -0.4 is 9.47 Å². The summed E-state index contributed by atoms with van der Waals surface area (Å²) in [6, 6.07) is 12.5. The number of ether oxygens (including phenoxy) is 3. The van der Waals surface area contributed by atoms with Crippen LogP contribution in [-0.4, -0.2) is 67.3 Å². The maximum Gasteiger partial charge on any atom is 0.306 e. The topological polar surface area (TPSA) is 156 Å². The fourth-order valence-electron chi connectivity index (χ4n) is 6.09. The molecule has 14 heteroatoms. The van der Waals surface area contributed by atoms with Gasteiger partial charge in [0.1, 0.15) is 18.4 Å². The number of carbonyl (C=O) groups is 3. The molecule has 3 unspecified atom stereocenters. The van der Waals surface area contributed by atoms with Crippen LogP contribution in [0.3, 0.4) is 0 Å². The van der Waals surface area contributed by atoms with Gasteiger partial charge in [0, 0.05) is 19.4 Å². The lowest BCUT2D eigenvalue weighted by Crippen LogP contribution is -2.32. The van der Waals surface area contributed by atoms with E-state index in [0.29, 0.717) is 5.69 Å².